The van der Waals surface area contributed by atoms with Crippen molar-refractivity contribution < 1.29 is 4.39 Å². The van der Waals surface area contributed by atoms with Gasteiger partial charge >= 0.3 is 0 Å². The first-order valence-electron chi connectivity index (χ1n) is 7.72. The van der Waals surface area contributed by atoms with Gasteiger partial charge in [-0.1, -0.05) is 12.1 Å². The Balaban J connectivity index is 1.78. The molecule has 22 heavy (non-hydrogen) atoms. The van der Waals surface area contributed by atoms with Crippen molar-refractivity contribution in [3.05, 3.63) is 47.8 Å². The highest BCUT2D eigenvalue weighted by molar-refractivity contribution is 5.80. The molecule has 0 amide bonds. The molecule has 2 aromatic carbocycles. The second kappa shape index (κ2) is 5.13. The maximum Gasteiger partial charge on any atom is 0.138 e. The SMILES string of the molecule is Cc1ccc(-c2nc3ccc(F)cc3[nH]2)cc1N1CCCC1. The van der Waals surface area contributed by atoms with E-state index in [2.05, 4.69) is 40.0 Å². The number of aromatic nitrogens is 2. The summed E-state index contributed by atoms with van der Waals surface area (Å²) >= 11 is 0. The highest BCUT2D eigenvalue weighted by Crippen LogP contribution is 2.30. The lowest BCUT2D eigenvalue weighted by Crippen LogP contribution is -2.18. The van der Waals surface area contributed by atoms with Gasteiger partial charge in [0.15, 0.2) is 0 Å². The molecular formula is C18H18FN3. The number of halogens is 1. The number of fused-ring (bicyclic) bond motifs is 1. The molecule has 0 spiro atoms. The van der Waals surface area contributed by atoms with Crippen LogP contribution in [0.1, 0.15) is 18.4 Å². The van der Waals surface area contributed by atoms with Gasteiger partial charge in [0.2, 0.25) is 0 Å². The van der Waals surface area contributed by atoms with Crippen molar-refractivity contribution in [2.24, 2.45) is 0 Å². The van der Waals surface area contributed by atoms with Gasteiger partial charge in [0.1, 0.15) is 11.6 Å². The van der Waals surface area contributed by atoms with Crippen LogP contribution in [0.3, 0.4) is 0 Å². The largest absolute Gasteiger partial charge is 0.371 e. The molecule has 2 heterocycles. The van der Waals surface area contributed by atoms with Gasteiger partial charge in [-0.25, -0.2) is 9.37 Å². The maximum atomic E-state index is 13.3. The summed E-state index contributed by atoms with van der Waals surface area (Å²) < 4.78 is 13.3. The predicted molar refractivity (Wildman–Crippen MR) is 87.7 cm³/mol. The summed E-state index contributed by atoms with van der Waals surface area (Å²) in [6, 6.07) is 11.0. The van der Waals surface area contributed by atoms with E-state index in [0.29, 0.717) is 0 Å². The van der Waals surface area contributed by atoms with E-state index in [0.717, 1.165) is 35.5 Å². The number of hydrogen-bond donors (Lipinski definition) is 1. The summed E-state index contributed by atoms with van der Waals surface area (Å²) in [6.45, 7) is 4.39. The van der Waals surface area contributed by atoms with Crippen molar-refractivity contribution in [2.45, 2.75) is 19.8 Å². The Labute approximate surface area is 128 Å². The Bertz CT molecular complexity index is 831. The number of anilines is 1. The van der Waals surface area contributed by atoms with Crippen LogP contribution in [0.4, 0.5) is 10.1 Å². The third-order valence-electron chi connectivity index (χ3n) is 4.37. The monoisotopic (exact) mass is 295 g/mol. The molecule has 0 aliphatic carbocycles. The van der Waals surface area contributed by atoms with Gasteiger partial charge in [-0.05, 0) is 49.6 Å². The fourth-order valence-corrected chi connectivity index (χ4v) is 3.17. The molecule has 1 fully saturated rings. The number of nitrogens with zero attached hydrogens (tertiary/aromatic N) is 2. The molecule has 3 aromatic rings. The van der Waals surface area contributed by atoms with Gasteiger partial charge in [-0.3, -0.25) is 0 Å². The van der Waals surface area contributed by atoms with E-state index in [4.69, 9.17) is 0 Å². The second-order valence-corrected chi connectivity index (χ2v) is 5.94. The molecule has 0 atom stereocenters. The summed E-state index contributed by atoms with van der Waals surface area (Å²) in [5.41, 5.74) is 5.14. The quantitative estimate of drug-likeness (QED) is 0.765. The van der Waals surface area contributed by atoms with Crippen LogP contribution in [0.2, 0.25) is 0 Å². The third-order valence-corrected chi connectivity index (χ3v) is 4.37. The van der Waals surface area contributed by atoms with Crippen LogP contribution in [-0.4, -0.2) is 23.1 Å². The van der Waals surface area contributed by atoms with Gasteiger partial charge in [0, 0.05) is 24.3 Å². The average Bonchev–Trinajstić information content (AvgIpc) is 3.16. The number of aromatic amines is 1. The molecule has 4 heteroatoms. The smallest absolute Gasteiger partial charge is 0.138 e. The first kappa shape index (κ1) is 13.3. The molecule has 0 radical (unpaired) electrons. The predicted octanol–water partition coefficient (Wildman–Crippen LogP) is 4.28. The van der Waals surface area contributed by atoms with Crippen molar-refractivity contribution in [1.82, 2.24) is 9.97 Å². The fraction of sp³-hybridized carbons (Fsp3) is 0.278. The normalized spacial score (nSPS) is 14.9. The zero-order valence-corrected chi connectivity index (χ0v) is 12.6. The molecule has 0 bridgehead atoms. The minimum atomic E-state index is -0.246. The number of benzene rings is 2. The van der Waals surface area contributed by atoms with E-state index >= 15 is 0 Å². The van der Waals surface area contributed by atoms with Gasteiger partial charge in [-0.15, -0.1) is 0 Å². The summed E-state index contributed by atoms with van der Waals surface area (Å²) in [5, 5.41) is 0. The Morgan fingerprint density at radius 2 is 1.91 bits per heavy atom. The summed E-state index contributed by atoms with van der Waals surface area (Å²) in [6.07, 6.45) is 2.52. The third kappa shape index (κ3) is 2.25. The molecule has 1 N–H and O–H groups in total. The Hall–Kier alpha value is -2.36. The first-order valence-corrected chi connectivity index (χ1v) is 7.72. The van der Waals surface area contributed by atoms with E-state index in [-0.39, 0.29) is 5.82 Å². The molecule has 3 nitrogen and oxygen atoms in total. The van der Waals surface area contributed by atoms with E-state index in [1.807, 2.05) is 0 Å². The topological polar surface area (TPSA) is 31.9 Å². The van der Waals surface area contributed by atoms with Gasteiger partial charge < -0.3 is 9.88 Å². The molecule has 1 aliphatic rings. The number of rotatable bonds is 2. The number of aryl methyl sites for hydroxylation is 1. The van der Waals surface area contributed by atoms with Crippen LogP contribution < -0.4 is 4.90 Å². The molecule has 112 valence electrons. The molecule has 0 unspecified atom stereocenters. The minimum absolute atomic E-state index is 0.246. The summed E-state index contributed by atoms with van der Waals surface area (Å²) in [7, 11) is 0. The van der Waals surface area contributed by atoms with E-state index < -0.39 is 0 Å². The first-order chi connectivity index (χ1) is 10.7. The lowest BCUT2D eigenvalue weighted by Gasteiger charge is -2.20. The van der Waals surface area contributed by atoms with Crippen LogP contribution >= 0.6 is 0 Å². The van der Waals surface area contributed by atoms with Gasteiger partial charge in [0.05, 0.1) is 11.0 Å². The highest BCUT2D eigenvalue weighted by Gasteiger charge is 2.16. The Kier molecular flexibility index (Phi) is 3.10. The average molecular weight is 295 g/mol. The van der Waals surface area contributed by atoms with Crippen LogP contribution in [0, 0.1) is 12.7 Å². The van der Waals surface area contributed by atoms with Crippen molar-refractivity contribution in [1.29, 1.82) is 0 Å². The molecule has 1 aromatic heterocycles. The zero-order valence-electron chi connectivity index (χ0n) is 12.6. The van der Waals surface area contributed by atoms with E-state index in [1.54, 1.807) is 6.07 Å². The zero-order chi connectivity index (χ0) is 15.1. The van der Waals surface area contributed by atoms with Gasteiger partial charge in [-0.2, -0.15) is 0 Å². The van der Waals surface area contributed by atoms with Crippen LogP contribution in [0.15, 0.2) is 36.4 Å². The molecule has 1 aliphatic heterocycles. The molecule has 0 saturated carbocycles. The number of imidazole rings is 1. The van der Waals surface area contributed by atoms with Gasteiger partial charge in [0.25, 0.3) is 0 Å². The van der Waals surface area contributed by atoms with E-state index in [9.17, 15) is 4.39 Å². The van der Waals surface area contributed by atoms with Crippen LogP contribution in [0.25, 0.3) is 22.4 Å². The lowest BCUT2D eigenvalue weighted by atomic mass is 10.1. The molecular weight excluding hydrogens is 277 g/mol. The van der Waals surface area contributed by atoms with Crippen molar-refractivity contribution in [3.63, 3.8) is 0 Å². The minimum Gasteiger partial charge on any atom is -0.371 e. The van der Waals surface area contributed by atoms with Crippen molar-refractivity contribution in [3.8, 4) is 11.4 Å². The van der Waals surface area contributed by atoms with Crippen LogP contribution in [0.5, 0.6) is 0 Å². The molecule has 1 saturated heterocycles. The Morgan fingerprint density at radius 1 is 1.09 bits per heavy atom. The lowest BCUT2D eigenvalue weighted by molar-refractivity contribution is 0.629. The fourth-order valence-electron chi connectivity index (χ4n) is 3.17. The Morgan fingerprint density at radius 3 is 2.73 bits per heavy atom. The highest BCUT2D eigenvalue weighted by atomic mass is 19.1. The van der Waals surface area contributed by atoms with Crippen molar-refractivity contribution >= 4 is 16.7 Å². The molecule has 4 rings (SSSR count). The number of hydrogen-bond acceptors (Lipinski definition) is 2. The van der Waals surface area contributed by atoms with Crippen LogP contribution in [-0.2, 0) is 0 Å². The second-order valence-electron chi connectivity index (χ2n) is 5.94. The standard InChI is InChI=1S/C18H18FN3/c1-12-4-5-13(10-17(12)22-8-2-3-9-22)18-20-15-7-6-14(19)11-16(15)21-18/h4-7,10-11H,2-3,8-9H2,1H3,(H,20,21). The summed E-state index contributed by atoms with van der Waals surface area (Å²) in [5.74, 6) is 0.547. The van der Waals surface area contributed by atoms with Crippen molar-refractivity contribution in [2.75, 3.05) is 18.0 Å². The summed E-state index contributed by atoms with van der Waals surface area (Å²) in [4.78, 5) is 10.2. The number of H-pyrrole nitrogens is 1. The number of nitrogens with one attached hydrogen (secondary N) is 1. The van der Waals surface area contributed by atoms with E-state index in [1.165, 1.54) is 36.2 Å². The maximum absolute atomic E-state index is 13.3.